The standard InChI is InChI=1S/C21H28N2O4/c1-4-13-12-23-9-8-21(17(23)10-14(13)11-18(24)27-3)20(25)19-15(22-21)6-5-7-16(19)26-2/h5-7,13-14,17,22H,4,8-12H2,1-3H3/t13-,14-,17-,21?/m0/s1. The fourth-order valence-electron chi connectivity index (χ4n) is 5.43. The first kappa shape index (κ1) is 18.3. The van der Waals surface area contributed by atoms with Crippen LogP contribution in [0.4, 0.5) is 5.69 Å². The monoisotopic (exact) mass is 372 g/mol. The lowest BCUT2D eigenvalue weighted by molar-refractivity contribution is -0.143. The Morgan fingerprint density at radius 2 is 2.15 bits per heavy atom. The predicted molar refractivity (Wildman–Crippen MR) is 102 cm³/mol. The SMILES string of the molecule is CC[C@H]1CN2CCC3(Nc4cccc(OC)c4C3=O)[C@@H]2C[C@H]1CC(=O)OC. The molecule has 0 radical (unpaired) electrons. The second-order valence-electron chi connectivity index (χ2n) is 8.01. The van der Waals surface area contributed by atoms with Gasteiger partial charge in [-0.2, -0.15) is 0 Å². The van der Waals surface area contributed by atoms with E-state index in [1.807, 2.05) is 18.2 Å². The van der Waals surface area contributed by atoms with Gasteiger partial charge >= 0.3 is 5.97 Å². The summed E-state index contributed by atoms with van der Waals surface area (Å²) in [6.07, 6.45) is 3.09. The van der Waals surface area contributed by atoms with E-state index in [0.717, 1.165) is 38.0 Å². The van der Waals surface area contributed by atoms with Crippen molar-refractivity contribution in [2.24, 2.45) is 11.8 Å². The number of rotatable bonds is 4. The van der Waals surface area contributed by atoms with Gasteiger partial charge in [-0.05, 0) is 36.8 Å². The van der Waals surface area contributed by atoms with Gasteiger partial charge in [0, 0.05) is 31.2 Å². The number of piperidine rings is 1. The molecule has 27 heavy (non-hydrogen) atoms. The van der Waals surface area contributed by atoms with Gasteiger partial charge in [-0.15, -0.1) is 0 Å². The van der Waals surface area contributed by atoms with Crippen molar-refractivity contribution in [1.29, 1.82) is 0 Å². The van der Waals surface area contributed by atoms with E-state index in [1.165, 1.54) is 7.11 Å². The summed E-state index contributed by atoms with van der Waals surface area (Å²) in [5.74, 6) is 1.32. The van der Waals surface area contributed by atoms with Gasteiger partial charge in [0.25, 0.3) is 0 Å². The highest BCUT2D eigenvalue weighted by atomic mass is 16.5. The lowest BCUT2D eigenvalue weighted by Gasteiger charge is -2.44. The minimum atomic E-state index is -0.607. The molecule has 146 valence electrons. The van der Waals surface area contributed by atoms with E-state index >= 15 is 0 Å². The number of carbonyl (C=O) groups is 2. The van der Waals surface area contributed by atoms with Gasteiger partial charge in [-0.25, -0.2) is 0 Å². The van der Waals surface area contributed by atoms with Gasteiger partial charge in [-0.3, -0.25) is 14.5 Å². The molecule has 6 heteroatoms. The maximum Gasteiger partial charge on any atom is 0.305 e. The molecule has 0 saturated carbocycles. The summed E-state index contributed by atoms with van der Waals surface area (Å²) in [6.45, 7) is 4.02. The van der Waals surface area contributed by atoms with Gasteiger partial charge in [-0.1, -0.05) is 19.4 Å². The molecule has 3 aliphatic heterocycles. The normalized spacial score (nSPS) is 32.1. The third kappa shape index (κ3) is 2.73. The van der Waals surface area contributed by atoms with Gasteiger partial charge in [0.2, 0.25) is 0 Å². The topological polar surface area (TPSA) is 67.9 Å². The maximum atomic E-state index is 13.5. The fourth-order valence-corrected chi connectivity index (χ4v) is 5.43. The molecule has 0 aliphatic carbocycles. The number of esters is 1. The number of benzene rings is 1. The number of nitrogens with one attached hydrogen (secondary N) is 1. The summed E-state index contributed by atoms with van der Waals surface area (Å²) < 4.78 is 10.4. The zero-order valence-electron chi connectivity index (χ0n) is 16.3. The van der Waals surface area contributed by atoms with E-state index in [-0.39, 0.29) is 23.7 Å². The van der Waals surface area contributed by atoms with Crippen molar-refractivity contribution < 1.29 is 19.1 Å². The zero-order valence-corrected chi connectivity index (χ0v) is 16.3. The number of nitrogens with zero attached hydrogens (tertiary/aromatic N) is 1. The quantitative estimate of drug-likeness (QED) is 0.820. The lowest BCUT2D eigenvalue weighted by atomic mass is 9.73. The Hall–Kier alpha value is -2.08. The molecule has 2 fully saturated rings. The molecule has 4 atom stereocenters. The van der Waals surface area contributed by atoms with E-state index in [4.69, 9.17) is 9.47 Å². The largest absolute Gasteiger partial charge is 0.496 e. The Balaban J connectivity index is 1.65. The molecule has 0 bridgehead atoms. The zero-order chi connectivity index (χ0) is 19.2. The van der Waals surface area contributed by atoms with Crippen molar-refractivity contribution in [1.82, 2.24) is 4.90 Å². The molecule has 1 aromatic rings. The van der Waals surface area contributed by atoms with Gasteiger partial charge in [0.05, 0.1) is 19.8 Å². The summed E-state index contributed by atoms with van der Waals surface area (Å²) in [5, 5.41) is 3.57. The number of carbonyl (C=O) groups excluding carboxylic acids is 2. The van der Waals surface area contributed by atoms with Crippen LogP contribution >= 0.6 is 0 Å². The summed E-state index contributed by atoms with van der Waals surface area (Å²) in [7, 11) is 3.05. The highest BCUT2D eigenvalue weighted by Gasteiger charge is 2.59. The van der Waals surface area contributed by atoms with E-state index in [2.05, 4.69) is 17.1 Å². The van der Waals surface area contributed by atoms with Crippen LogP contribution < -0.4 is 10.1 Å². The Labute approximate surface area is 160 Å². The minimum Gasteiger partial charge on any atom is -0.496 e. The fraction of sp³-hybridized carbons (Fsp3) is 0.619. The van der Waals surface area contributed by atoms with Crippen LogP contribution in [0.3, 0.4) is 0 Å². The van der Waals surface area contributed by atoms with Crippen LogP contribution in [0.5, 0.6) is 5.75 Å². The first-order chi connectivity index (χ1) is 13.0. The van der Waals surface area contributed by atoms with Crippen LogP contribution in [0.2, 0.25) is 0 Å². The van der Waals surface area contributed by atoms with Crippen LogP contribution in [0.25, 0.3) is 0 Å². The number of hydrogen-bond donors (Lipinski definition) is 1. The van der Waals surface area contributed by atoms with Crippen LogP contribution in [0.1, 0.15) is 43.0 Å². The minimum absolute atomic E-state index is 0.0968. The first-order valence-corrected chi connectivity index (χ1v) is 9.85. The summed E-state index contributed by atoms with van der Waals surface area (Å²) in [4.78, 5) is 27.9. The Bertz CT molecular complexity index is 765. The Kier molecular flexibility index (Phi) is 4.62. The number of anilines is 1. The molecule has 4 rings (SSSR count). The Morgan fingerprint density at radius 1 is 1.33 bits per heavy atom. The number of ketones is 1. The van der Waals surface area contributed by atoms with Gasteiger partial charge in [0.15, 0.2) is 5.78 Å². The second kappa shape index (κ2) is 6.82. The first-order valence-electron chi connectivity index (χ1n) is 9.85. The molecule has 1 unspecified atom stereocenters. The second-order valence-corrected chi connectivity index (χ2v) is 8.01. The van der Waals surface area contributed by atoms with Crippen molar-refractivity contribution in [3.63, 3.8) is 0 Å². The number of hydrogen-bond acceptors (Lipinski definition) is 6. The molecule has 0 aromatic heterocycles. The third-order valence-electron chi connectivity index (χ3n) is 6.88. The number of ether oxygens (including phenoxy) is 2. The molecule has 1 aromatic carbocycles. The summed E-state index contributed by atoms with van der Waals surface area (Å²) >= 11 is 0. The van der Waals surface area contributed by atoms with Crippen molar-refractivity contribution >= 4 is 17.4 Å². The lowest BCUT2D eigenvalue weighted by Crippen LogP contribution is -2.57. The molecule has 3 heterocycles. The average molecular weight is 372 g/mol. The average Bonchev–Trinajstić information content (AvgIpc) is 3.19. The van der Waals surface area contributed by atoms with Crippen molar-refractivity contribution in [3.8, 4) is 5.75 Å². The van der Waals surface area contributed by atoms with E-state index in [1.54, 1.807) is 7.11 Å². The van der Waals surface area contributed by atoms with Crippen LogP contribution in [-0.2, 0) is 9.53 Å². The molecular formula is C21H28N2O4. The number of Topliss-reactive ketones (excluding diaryl/α,β-unsaturated/α-hetero) is 1. The molecule has 0 amide bonds. The van der Waals surface area contributed by atoms with Gasteiger partial charge in [0.1, 0.15) is 11.3 Å². The third-order valence-corrected chi connectivity index (χ3v) is 6.88. The smallest absolute Gasteiger partial charge is 0.305 e. The molecule has 2 saturated heterocycles. The molecule has 3 aliphatic rings. The van der Waals surface area contributed by atoms with E-state index in [0.29, 0.717) is 23.7 Å². The summed E-state index contributed by atoms with van der Waals surface area (Å²) in [6, 6.07) is 5.81. The molecule has 6 nitrogen and oxygen atoms in total. The highest BCUT2D eigenvalue weighted by Crippen LogP contribution is 2.49. The summed E-state index contributed by atoms with van der Waals surface area (Å²) in [5.41, 5.74) is 0.927. The van der Waals surface area contributed by atoms with Crippen LogP contribution in [-0.4, -0.2) is 55.5 Å². The Morgan fingerprint density at radius 3 is 2.85 bits per heavy atom. The molecular weight excluding hydrogens is 344 g/mol. The molecule has 1 spiro atoms. The van der Waals surface area contributed by atoms with E-state index in [9.17, 15) is 9.59 Å². The van der Waals surface area contributed by atoms with Crippen molar-refractivity contribution in [3.05, 3.63) is 23.8 Å². The number of methoxy groups -OCH3 is 2. The van der Waals surface area contributed by atoms with Crippen molar-refractivity contribution in [2.45, 2.75) is 44.2 Å². The van der Waals surface area contributed by atoms with Crippen LogP contribution in [0, 0.1) is 11.8 Å². The highest BCUT2D eigenvalue weighted by molar-refractivity contribution is 6.16. The van der Waals surface area contributed by atoms with Crippen LogP contribution in [0.15, 0.2) is 18.2 Å². The predicted octanol–water partition coefficient (Wildman–Crippen LogP) is 2.73. The number of fused-ring (bicyclic) bond motifs is 3. The molecule has 1 N–H and O–H groups in total. The van der Waals surface area contributed by atoms with Crippen molar-refractivity contribution in [2.75, 3.05) is 32.6 Å². The maximum absolute atomic E-state index is 13.5. The van der Waals surface area contributed by atoms with Gasteiger partial charge < -0.3 is 14.8 Å². The van der Waals surface area contributed by atoms with E-state index < -0.39 is 5.54 Å².